The number of allylic oxidation sites excluding steroid dienone is 2. The zero-order valence-electron chi connectivity index (χ0n) is 13.6. The summed E-state index contributed by atoms with van der Waals surface area (Å²) in [5.74, 6) is 2.46. The van der Waals surface area contributed by atoms with E-state index in [0.29, 0.717) is 0 Å². The van der Waals surface area contributed by atoms with Crippen LogP contribution in [0.25, 0.3) is 0 Å². The molecule has 4 unspecified atom stereocenters. The van der Waals surface area contributed by atoms with Gasteiger partial charge >= 0.3 is 0 Å². The second-order valence-electron chi connectivity index (χ2n) is 6.09. The lowest BCUT2D eigenvalue weighted by Crippen LogP contribution is -2.08. The molecule has 0 aliphatic rings. The Balaban J connectivity index is 4.05. The van der Waals surface area contributed by atoms with E-state index in [2.05, 4.69) is 48.3 Å². The molecule has 0 aliphatic heterocycles. The molecule has 0 amide bonds. The minimum atomic E-state index is 0.763. The predicted molar refractivity (Wildman–Crippen MR) is 92.2 cm³/mol. The molecule has 106 valence electrons. The van der Waals surface area contributed by atoms with E-state index in [9.17, 15) is 0 Å². The molecule has 0 radical (unpaired) electrons. The van der Waals surface area contributed by atoms with E-state index < -0.39 is 0 Å². The maximum atomic E-state index is 2.50. The van der Waals surface area contributed by atoms with Gasteiger partial charge in [0.25, 0.3) is 0 Å². The second kappa shape index (κ2) is 11.1. The van der Waals surface area contributed by atoms with Crippen molar-refractivity contribution < 1.29 is 0 Å². The van der Waals surface area contributed by atoms with Gasteiger partial charge in [0.2, 0.25) is 0 Å². The summed E-state index contributed by atoms with van der Waals surface area (Å²) in [7, 11) is 3.55. The summed E-state index contributed by atoms with van der Waals surface area (Å²) in [6, 6.07) is 0. The van der Waals surface area contributed by atoms with Gasteiger partial charge in [0.15, 0.2) is 0 Å². The average Bonchev–Trinajstić information content (AvgIpc) is 2.35. The van der Waals surface area contributed by atoms with Gasteiger partial charge in [0.1, 0.15) is 7.85 Å². The zero-order chi connectivity index (χ0) is 14.0. The van der Waals surface area contributed by atoms with Crippen LogP contribution < -0.4 is 0 Å². The van der Waals surface area contributed by atoms with Gasteiger partial charge in [-0.1, -0.05) is 57.5 Å². The van der Waals surface area contributed by atoms with Crippen LogP contribution in [0, 0.1) is 11.8 Å². The van der Waals surface area contributed by atoms with E-state index in [1.54, 1.807) is 5.57 Å². The van der Waals surface area contributed by atoms with Crippen molar-refractivity contribution in [2.45, 2.75) is 65.6 Å². The zero-order valence-corrected chi connectivity index (χ0v) is 14.6. The van der Waals surface area contributed by atoms with Gasteiger partial charge in [-0.3, -0.25) is 0 Å². The van der Waals surface area contributed by atoms with E-state index >= 15 is 0 Å². The molecule has 4 atom stereocenters. The average molecular weight is 268 g/mol. The van der Waals surface area contributed by atoms with Crippen LogP contribution in [0.15, 0.2) is 11.6 Å². The maximum Gasteiger partial charge on any atom is 0.106 e. The van der Waals surface area contributed by atoms with E-state index in [-0.39, 0.29) is 0 Å². The fourth-order valence-corrected chi connectivity index (χ4v) is 3.04. The van der Waals surface area contributed by atoms with Crippen molar-refractivity contribution in [1.29, 1.82) is 0 Å². The number of hydrogen-bond acceptors (Lipinski definition) is 0. The topological polar surface area (TPSA) is 0 Å². The molecule has 0 heterocycles. The number of hydrogen-bond donors (Lipinski definition) is 0. The minimum absolute atomic E-state index is 0.763. The molecule has 0 aromatic carbocycles. The Morgan fingerprint density at radius 3 is 2.50 bits per heavy atom. The van der Waals surface area contributed by atoms with E-state index in [1.165, 1.54) is 38.3 Å². The van der Waals surface area contributed by atoms with Crippen LogP contribution in [-0.2, 0) is 0 Å². The van der Waals surface area contributed by atoms with Gasteiger partial charge in [-0.05, 0) is 44.4 Å². The Morgan fingerprint density at radius 1 is 1.28 bits per heavy atom. The molecule has 0 fully saturated rings. The Kier molecular flexibility index (Phi) is 11.2. The highest BCUT2D eigenvalue weighted by molar-refractivity contribution is 7.36. The summed E-state index contributed by atoms with van der Waals surface area (Å²) in [5.41, 5.74) is 1.62. The summed E-state index contributed by atoms with van der Waals surface area (Å²) >= 11 is 0. The molecule has 0 aromatic heterocycles. The van der Waals surface area contributed by atoms with Crippen molar-refractivity contribution in [3.8, 4) is 0 Å². The van der Waals surface area contributed by atoms with Gasteiger partial charge in [-0.2, -0.15) is 0 Å². The van der Waals surface area contributed by atoms with Crippen molar-refractivity contribution in [2.24, 2.45) is 11.8 Å². The fraction of sp³-hybridized carbons (Fsp3) is 0.875. The monoisotopic (exact) mass is 268 g/mol. The highest BCUT2D eigenvalue weighted by Gasteiger charge is 2.13. The molecular formula is C16H34BP. The van der Waals surface area contributed by atoms with Gasteiger partial charge < -0.3 is 0 Å². The van der Waals surface area contributed by atoms with Crippen LogP contribution in [0.2, 0.25) is 5.82 Å². The third-order valence-corrected chi connectivity index (χ3v) is 5.14. The number of rotatable bonds is 10. The SMILES string of the molecule is BC(CCCPC)C(C)/C(C)=C\CC(C)CCC. The van der Waals surface area contributed by atoms with Crippen molar-refractivity contribution >= 4 is 16.4 Å². The third kappa shape index (κ3) is 8.36. The molecular weight excluding hydrogens is 234 g/mol. The molecule has 0 saturated carbocycles. The summed E-state index contributed by atoms with van der Waals surface area (Å²) < 4.78 is 0. The fourth-order valence-electron chi connectivity index (χ4n) is 2.48. The first-order valence-corrected chi connectivity index (χ1v) is 9.54. The largest absolute Gasteiger partial charge is 0.125 e. The first-order chi connectivity index (χ1) is 8.52. The first-order valence-electron chi connectivity index (χ1n) is 7.84. The molecule has 0 spiro atoms. The van der Waals surface area contributed by atoms with Crippen LogP contribution in [0.3, 0.4) is 0 Å². The molecule has 0 rings (SSSR count). The molecule has 0 aromatic rings. The predicted octanol–water partition coefficient (Wildman–Crippen LogP) is 4.91. The highest BCUT2D eigenvalue weighted by atomic mass is 31.1. The van der Waals surface area contributed by atoms with Crippen molar-refractivity contribution in [1.82, 2.24) is 0 Å². The van der Waals surface area contributed by atoms with Crippen LogP contribution in [-0.4, -0.2) is 20.7 Å². The molecule has 2 heteroatoms. The van der Waals surface area contributed by atoms with Crippen LogP contribution in [0.5, 0.6) is 0 Å². The van der Waals surface area contributed by atoms with E-state index in [1.807, 2.05) is 0 Å². The van der Waals surface area contributed by atoms with Crippen LogP contribution >= 0.6 is 8.58 Å². The standard InChI is InChI=1S/C16H34BP/c1-6-8-13(2)10-11-14(3)15(4)16(17)9-7-12-18-5/h11,13,15-16,18H,6-10,12,17H2,1-5H3/b14-11-. The lowest BCUT2D eigenvalue weighted by atomic mass is 9.71. The van der Waals surface area contributed by atoms with Gasteiger partial charge in [-0.25, -0.2) is 0 Å². The van der Waals surface area contributed by atoms with Crippen molar-refractivity contribution in [3.05, 3.63) is 11.6 Å². The minimum Gasteiger partial charge on any atom is -0.125 e. The molecule has 18 heavy (non-hydrogen) atoms. The summed E-state index contributed by atoms with van der Waals surface area (Å²) in [5, 5.41) is 0. The first kappa shape index (κ1) is 18.2. The quantitative estimate of drug-likeness (QED) is 0.229. The molecule has 0 bridgehead atoms. The second-order valence-corrected chi connectivity index (χ2v) is 7.30. The van der Waals surface area contributed by atoms with Crippen molar-refractivity contribution in [2.75, 3.05) is 12.8 Å². The maximum absolute atomic E-state index is 2.50. The third-order valence-electron chi connectivity index (χ3n) is 4.28. The summed E-state index contributed by atoms with van der Waals surface area (Å²) in [4.78, 5) is 0. The Labute approximate surface area is 119 Å². The van der Waals surface area contributed by atoms with E-state index in [4.69, 9.17) is 0 Å². The Hall–Kier alpha value is 0.235. The lowest BCUT2D eigenvalue weighted by molar-refractivity contribution is 0.522. The summed E-state index contributed by atoms with van der Waals surface area (Å²) in [6.07, 6.45) is 10.7. The van der Waals surface area contributed by atoms with Gasteiger partial charge in [-0.15, -0.1) is 8.58 Å². The molecule has 0 nitrogen and oxygen atoms in total. The van der Waals surface area contributed by atoms with Crippen LogP contribution in [0.4, 0.5) is 0 Å². The Bertz CT molecular complexity index is 225. The van der Waals surface area contributed by atoms with Crippen molar-refractivity contribution in [3.63, 3.8) is 0 Å². The van der Waals surface area contributed by atoms with Gasteiger partial charge in [0.05, 0.1) is 0 Å². The van der Waals surface area contributed by atoms with Gasteiger partial charge in [0, 0.05) is 0 Å². The highest BCUT2D eigenvalue weighted by Crippen LogP contribution is 2.28. The van der Waals surface area contributed by atoms with Crippen LogP contribution in [0.1, 0.15) is 59.8 Å². The normalized spacial score (nSPS) is 18.2. The summed E-state index contributed by atoms with van der Waals surface area (Å²) in [6.45, 7) is 11.7. The van der Waals surface area contributed by atoms with E-state index in [0.717, 1.165) is 26.2 Å². The lowest BCUT2D eigenvalue weighted by Gasteiger charge is -2.21. The molecule has 0 saturated heterocycles. The molecule has 0 aliphatic carbocycles. The smallest absolute Gasteiger partial charge is 0.106 e. The molecule has 0 N–H and O–H groups in total. The Morgan fingerprint density at radius 2 is 1.94 bits per heavy atom.